The molecular formula is C7H14O5. The normalized spacial score (nSPS) is 49.2. The van der Waals surface area contributed by atoms with Crippen molar-refractivity contribution in [3.63, 3.8) is 0 Å². The van der Waals surface area contributed by atoms with Crippen LogP contribution < -0.4 is 0 Å². The van der Waals surface area contributed by atoms with Crippen LogP contribution in [0, 0.1) is 0 Å². The summed E-state index contributed by atoms with van der Waals surface area (Å²) >= 11 is 0. The first kappa shape index (κ1) is 9.88. The van der Waals surface area contributed by atoms with E-state index in [0.29, 0.717) is 0 Å². The lowest BCUT2D eigenvalue weighted by Crippen LogP contribution is -2.57. The summed E-state index contributed by atoms with van der Waals surface area (Å²) in [6.45, 7) is 1.57. The molecular weight excluding hydrogens is 164 g/mol. The Labute approximate surface area is 70.5 Å². The van der Waals surface area contributed by atoms with Crippen molar-refractivity contribution in [3.05, 3.63) is 0 Å². The van der Waals surface area contributed by atoms with Crippen LogP contribution in [0.5, 0.6) is 0 Å². The average Bonchev–Trinajstić information content (AvgIpc) is 2.01. The molecule has 5 heteroatoms. The number of aliphatic hydroxyl groups is 3. The maximum absolute atomic E-state index is 9.36. The van der Waals surface area contributed by atoms with Crippen LogP contribution in [-0.2, 0) is 9.47 Å². The van der Waals surface area contributed by atoms with Gasteiger partial charge in [-0.3, -0.25) is 0 Å². The Hall–Kier alpha value is -0.200. The van der Waals surface area contributed by atoms with E-state index < -0.39 is 30.7 Å². The van der Waals surface area contributed by atoms with Crippen molar-refractivity contribution in [2.24, 2.45) is 0 Å². The van der Waals surface area contributed by atoms with Gasteiger partial charge in [0.15, 0.2) is 6.29 Å². The van der Waals surface area contributed by atoms with Crippen molar-refractivity contribution < 1.29 is 24.8 Å². The lowest BCUT2D eigenvalue weighted by atomic mass is 10.00. The number of rotatable bonds is 1. The fourth-order valence-corrected chi connectivity index (χ4v) is 1.27. The Kier molecular flexibility index (Phi) is 3.03. The number of methoxy groups -OCH3 is 1. The molecule has 5 atom stereocenters. The Morgan fingerprint density at radius 1 is 1.17 bits per heavy atom. The van der Waals surface area contributed by atoms with Gasteiger partial charge >= 0.3 is 0 Å². The highest BCUT2D eigenvalue weighted by atomic mass is 16.7. The van der Waals surface area contributed by atoms with Gasteiger partial charge < -0.3 is 24.8 Å². The van der Waals surface area contributed by atoms with E-state index in [9.17, 15) is 15.3 Å². The molecule has 0 aromatic heterocycles. The highest BCUT2D eigenvalue weighted by molar-refractivity contribution is 4.87. The molecule has 1 aliphatic rings. The molecule has 5 nitrogen and oxygen atoms in total. The lowest BCUT2D eigenvalue weighted by Gasteiger charge is -2.38. The second-order valence-electron chi connectivity index (χ2n) is 2.91. The zero-order valence-electron chi connectivity index (χ0n) is 7.04. The van der Waals surface area contributed by atoms with E-state index in [0.717, 1.165) is 0 Å². The smallest absolute Gasteiger partial charge is 0.184 e. The summed E-state index contributed by atoms with van der Waals surface area (Å²) in [7, 11) is 1.34. The maximum atomic E-state index is 9.36. The number of hydrogen-bond donors (Lipinski definition) is 3. The minimum Gasteiger partial charge on any atom is -0.388 e. The molecule has 0 spiro atoms. The Morgan fingerprint density at radius 2 is 1.75 bits per heavy atom. The molecule has 1 rings (SSSR count). The van der Waals surface area contributed by atoms with Crippen molar-refractivity contribution in [2.45, 2.75) is 37.6 Å². The minimum atomic E-state index is -1.18. The molecule has 0 saturated carbocycles. The second kappa shape index (κ2) is 3.68. The molecule has 3 N–H and O–H groups in total. The predicted molar refractivity (Wildman–Crippen MR) is 39.4 cm³/mol. The second-order valence-corrected chi connectivity index (χ2v) is 2.91. The van der Waals surface area contributed by atoms with E-state index >= 15 is 0 Å². The summed E-state index contributed by atoms with van der Waals surface area (Å²) < 4.78 is 9.64. The zero-order chi connectivity index (χ0) is 9.30. The highest BCUT2D eigenvalue weighted by Gasteiger charge is 2.41. The molecule has 12 heavy (non-hydrogen) atoms. The molecule has 1 aliphatic heterocycles. The fourth-order valence-electron chi connectivity index (χ4n) is 1.27. The molecule has 0 aromatic rings. The van der Waals surface area contributed by atoms with Crippen molar-refractivity contribution in [1.29, 1.82) is 0 Å². The number of ether oxygens (including phenoxy) is 2. The molecule has 0 unspecified atom stereocenters. The van der Waals surface area contributed by atoms with Crippen LogP contribution in [0.1, 0.15) is 6.92 Å². The van der Waals surface area contributed by atoms with Gasteiger partial charge in [-0.1, -0.05) is 0 Å². The quantitative estimate of drug-likeness (QED) is 0.453. The van der Waals surface area contributed by atoms with Crippen molar-refractivity contribution in [3.8, 4) is 0 Å². The van der Waals surface area contributed by atoms with Crippen LogP contribution in [-0.4, -0.2) is 53.1 Å². The average molecular weight is 178 g/mol. The molecule has 0 radical (unpaired) electrons. The van der Waals surface area contributed by atoms with E-state index in [2.05, 4.69) is 0 Å². The van der Waals surface area contributed by atoms with E-state index in [4.69, 9.17) is 9.47 Å². The number of aliphatic hydroxyl groups excluding tert-OH is 3. The van der Waals surface area contributed by atoms with Crippen molar-refractivity contribution in [1.82, 2.24) is 0 Å². The van der Waals surface area contributed by atoms with E-state index in [1.54, 1.807) is 6.92 Å². The third-order valence-corrected chi connectivity index (χ3v) is 2.07. The minimum absolute atomic E-state index is 0.582. The van der Waals surface area contributed by atoms with Gasteiger partial charge in [-0.25, -0.2) is 0 Å². The SMILES string of the molecule is CO[C@H]1[C@H](O)[C@H](O)[C@@H](C)O[C@@H]1O. The molecule has 0 aliphatic carbocycles. The van der Waals surface area contributed by atoms with Crippen LogP contribution in [0.2, 0.25) is 0 Å². The fraction of sp³-hybridized carbons (Fsp3) is 1.00. The molecule has 1 fully saturated rings. The molecule has 1 saturated heterocycles. The van der Waals surface area contributed by atoms with E-state index in [1.807, 2.05) is 0 Å². The van der Waals surface area contributed by atoms with Gasteiger partial charge in [-0.15, -0.1) is 0 Å². The summed E-state index contributed by atoms with van der Waals surface area (Å²) in [5.74, 6) is 0. The molecule has 0 bridgehead atoms. The van der Waals surface area contributed by atoms with Gasteiger partial charge in [0.25, 0.3) is 0 Å². The predicted octanol–water partition coefficient (Wildman–Crippen LogP) is -1.54. The van der Waals surface area contributed by atoms with Crippen molar-refractivity contribution >= 4 is 0 Å². The Bertz CT molecular complexity index is 151. The van der Waals surface area contributed by atoms with Gasteiger partial charge in [0, 0.05) is 7.11 Å². The topological polar surface area (TPSA) is 79.2 Å². The van der Waals surface area contributed by atoms with Gasteiger partial charge in [0.05, 0.1) is 6.10 Å². The first-order valence-electron chi connectivity index (χ1n) is 3.80. The highest BCUT2D eigenvalue weighted by Crippen LogP contribution is 2.20. The number of hydrogen-bond acceptors (Lipinski definition) is 5. The monoisotopic (exact) mass is 178 g/mol. The third kappa shape index (κ3) is 1.60. The van der Waals surface area contributed by atoms with E-state index in [-0.39, 0.29) is 0 Å². The summed E-state index contributed by atoms with van der Waals surface area (Å²) in [6.07, 6.45) is -4.76. The summed E-state index contributed by atoms with van der Waals surface area (Å²) in [5, 5.41) is 27.9. The Morgan fingerprint density at radius 3 is 2.25 bits per heavy atom. The third-order valence-electron chi connectivity index (χ3n) is 2.07. The standard InChI is InChI=1S/C7H14O5/c1-3-4(8)5(9)6(11-2)7(10)12-3/h3-10H,1-2H3/t3-,4-,5-,6+,7+/m1/s1. The van der Waals surface area contributed by atoms with Crippen LogP contribution in [0.25, 0.3) is 0 Å². The van der Waals surface area contributed by atoms with Gasteiger partial charge in [-0.2, -0.15) is 0 Å². The Balaban J connectivity index is 2.65. The summed E-state index contributed by atoms with van der Waals surface area (Å²) in [5.41, 5.74) is 0. The van der Waals surface area contributed by atoms with Gasteiger partial charge in [0.2, 0.25) is 0 Å². The molecule has 1 heterocycles. The largest absolute Gasteiger partial charge is 0.388 e. The van der Waals surface area contributed by atoms with Crippen LogP contribution in [0.3, 0.4) is 0 Å². The van der Waals surface area contributed by atoms with E-state index in [1.165, 1.54) is 7.11 Å². The summed E-state index contributed by atoms with van der Waals surface area (Å²) in [4.78, 5) is 0. The molecule has 72 valence electrons. The zero-order valence-corrected chi connectivity index (χ0v) is 7.04. The molecule has 0 aromatic carbocycles. The maximum Gasteiger partial charge on any atom is 0.184 e. The lowest BCUT2D eigenvalue weighted by molar-refractivity contribution is -0.283. The van der Waals surface area contributed by atoms with Crippen LogP contribution >= 0.6 is 0 Å². The molecule has 0 amide bonds. The van der Waals surface area contributed by atoms with Crippen molar-refractivity contribution in [2.75, 3.05) is 7.11 Å². The first-order chi connectivity index (χ1) is 5.57. The van der Waals surface area contributed by atoms with Crippen LogP contribution in [0.15, 0.2) is 0 Å². The first-order valence-corrected chi connectivity index (χ1v) is 3.80. The van der Waals surface area contributed by atoms with Crippen LogP contribution in [0.4, 0.5) is 0 Å². The van der Waals surface area contributed by atoms with Gasteiger partial charge in [0.1, 0.15) is 18.3 Å². The van der Waals surface area contributed by atoms with Gasteiger partial charge in [-0.05, 0) is 6.92 Å². The summed E-state index contributed by atoms with van der Waals surface area (Å²) in [6, 6.07) is 0.